The largest absolute Gasteiger partial charge is 0.480 e. The van der Waals surface area contributed by atoms with Gasteiger partial charge in [0.15, 0.2) is 0 Å². The molecular weight excluding hydrogens is 266 g/mol. The maximum Gasteiger partial charge on any atom is 0.329 e. The summed E-state index contributed by atoms with van der Waals surface area (Å²) in [6.07, 6.45) is 1.27. The summed E-state index contributed by atoms with van der Waals surface area (Å²) in [4.78, 5) is 24.0. The third kappa shape index (κ3) is 4.52. The normalized spacial score (nSPS) is 10.1. The van der Waals surface area contributed by atoms with Crippen LogP contribution in [0.1, 0.15) is 0 Å². The highest BCUT2D eigenvalue weighted by atomic mass is 35.5. The third-order valence-corrected chi connectivity index (χ3v) is 2.00. The van der Waals surface area contributed by atoms with Crippen LogP contribution in [0.2, 0.25) is 5.02 Å². The SMILES string of the molecule is O=C(O)COCCNc1ncc(Cl)cc1[N+](=O)[O-]. The second kappa shape index (κ2) is 6.72. The second-order valence-electron chi connectivity index (χ2n) is 3.15. The molecule has 9 heteroatoms. The molecular formula is C9H10ClN3O5. The topological polar surface area (TPSA) is 115 Å². The number of ether oxygens (including phenoxy) is 1. The average molecular weight is 276 g/mol. The van der Waals surface area contributed by atoms with E-state index in [1.165, 1.54) is 12.3 Å². The molecule has 0 radical (unpaired) electrons. The lowest BCUT2D eigenvalue weighted by molar-refractivity contribution is -0.384. The van der Waals surface area contributed by atoms with Crippen LogP contribution in [0.4, 0.5) is 11.5 Å². The Hall–Kier alpha value is -1.93. The van der Waals surface area contributed by atoms with Crippen molar-refractivity contribution in [1.29, 1.82) is 0 Å². The van der Waals surface area contributed by atoms with Crippen LogP contribution in [0.3, 0.4) is 0 Å². The van der Waals surface area contributed by atoms with Gasteiger partial charge >= 0.3 is 11.7 Å². The molecule has 0 amide bonds. The van der Waals surface area contributed by atoms with E-state index in [2.05, 4.69) is 10.3 Å². The van der Waals surface area contributed by atoms with Crippen LogP contribution in [0.25, 0.3) is 0 Å². The molecule has 0 fully saturated rings. The molecule has 0 aliphatic heterocycles. The van der Waals surface area contributed by atoms with E-state index in [1.807, 2.05) is 0 Å². The van der Waals surface area contributed by atoms with Crippen molar-refractivity contribution >= 4 is 29.1 Å². The van der Waals surface area contributed by atoms with Crippen LogP contribution < -0.4 is 5.32 Å². The van der Waals surface area contributed by atoms with E-state index in [4.69, 9.17) is 21.4 Å². The first-order chi connectivity index (χ1) is 8.50. The van der Waals surface area contributed by atoms with E-state index in [9.17, 15) is 14.9 Å². The van der Waals surface area contributed by atoms with Gasteiger partial charge < -0.3 is 15.2 Å². The molecule has 1 rings (SSSR count). The lowest BCUT2D eigenvalue weighted by atomic mass is 10.4. The number of carbonyl (C=O) groups is 1. The van der Waals surface area contributed by atoms with E-state index in [0.29, 0.717) is 0 Å². The number of aliphatic carboxylic acids is 1. The first kappa shape index (κ1) is 14.1. The number of nitrogens with zero attached hydrogens (tertiary/aromatic N) is 2. The fraction of sp³-hybridized carbons (Fsp3) is 0.333. The van der Waals surface area contributed by atoms with Crippen molar-refractivity contribution in [2.45, 2.75) is 0 Å². The Morgan fingerprint density at radius 2 is 2.39 bits per heavy atom. The molecule has 1 aromatic rings. The minimum Gasteiger partial charge on any atom is -0.480 e. The van der Waals surface area contributed by atoms with Crippen molar-refractivity contribution < 1.29 is 19.6 Å². The number of carboxylic acid groups (broad SMARTS) is 1. The summed E-state index contributed by atoms with van der Waals surface area (Å²) in [7, 11) is 0. The average Bonchev–Trinajstić information content (AvgIpc) is 2.29. The van der Waals surface area contributed by atoms with E-state index in [-0.39, 0.29) is 29.7 Å². The Bertz CT molecular complexity index is 454. The van der Waals surface area contributed by atoms with Crippen molar-refractivity contribution in [3.63, 3.8) is 0 Å². The Kier molecular flexibility index (Phi) is 5.28. The minimum atomic E-state index is -1.08. The first-order valence-electron chi connectivity index (χ1n) is 4.84. The van der Waals surface area contributed by atoms with Crippen molar-refractivity contribution in [2.24, 2.45) is 0 Å². The zero-order valence-electron chi connectivity index (χ0n) is 9.13. The van der Waals surface area contributed by atoms with E-state index >= 15 is 0 Å². The summed E-state index contributed by atoms with van der Waals surface area (Å²) < 4.78 is 4.76. The van der Waals surface area contributed by atoms with Gasteiger partial charge in [-0.25, -0.2) is 9.78 Å². The number of carboxylic acids is 1. The highest BCUT2D eigenvalue weighted by molar-refractivity contribution is 6.30. The standard InChI is InChI=1S/C9H10ClN3O5/c10-6-3-7(13(16)17)9(12-4-6)11-1-2-18-5-8(14)15/h3-4H,1-2,5H2,(H,11,12)(H,14,15). The molecule has 1 heterocycles. The lowest BCUT2D eigenvalue weighted by Gasteiger charge is -2.06. The number of nitrogens with one attached hydrogen (secondary N) is 1. The lowest BCUT2D eigenvalue weighted by Crippen LogP contribution is -2.15. The van der Waals surface area contributed by atoms with Crippen LogP contribution in [-0.2, 0) is 9.53 Å². The fourth-order valence-electron chi connectivity index (χ4n) is 1.11. The zero-order valence-corrected chi connectivity index (χ0v) is 9.88. The summed E-state index contributed by atoms with van der Waals surface area (Å²) in [5, 5.41) is 21.9. The van der Waals surface area contributed by atoms with Gasteiger partial charge in [-0.15, -0.1) is 0 Å². The summed E-state index contributed by atoms with van der Waals surface area (Å²) in [5.74, 6) is -1.02. The fourth-order valence-corrected chi connectivity index (χ4v) is 1.26. The molecule has 0 saturated heterocycles. The number of nitro groups is 1. The van der Waals surface area contributed by atoms with Crippen molar-refractivity contribution in [2.75, 3.05) is 25.1 Å². The summed E-state index contributed by atoms with van der Waals surface area (Å²) in [6, 6.07) is 1.18. The summed E-state index contributed by atoms with van der Waals surface area (Å²) in [6.45, 7) is -0.131. The number of pyridine rings is 1. The van der Waals surface area contributed by atoms with Gasteiger partial charge in [-0.1, -0.05) is 11.6 Å². The molecule has 18 heavy (non-hydrogen) atoms. The van der Waals surface area contributed by atoms with Gasteiger partial charge in [0.05, 0.1) is 16.6 Å². The van der Waals surface area contributed by atoms with Gasteiger partial charge in [0.1, 0.15) is 6.61 Å². The molecule has 0 atom stereocenters. The third-order valence-electron chi connectivity index (χ3n) is 1.80. The Labute approximate surface area is 107 Å². The Balaban J connectivity index is 2.51. The smallest absolute Gasteiger partial charge is 0.329 e. The van der Waals surface area contributed by atoms with Gasteiger partial charge in [0.2, 0.25) is 5.82 Å². The predicted octanol–water partition coefficient (Wildman–Crippen LogP) is 1.16. The van der Waals surface area contributed by atoms with Gasteiger partial charge in [-0.2, -0.15) is 0 Å². The molecule has 0 aliphatic rings. The van der Waals surface area contributed by atoms with Gasteiger partial charge in [0.25, 0.3) is 0 Å². The van der Waals surface area contributed by atoms with E-state index < -0.39 is 17.5 Å². The number of hydrogen-bond acceptors (Lipinski definition) is 6. The predicted molar refractivity (Wildman–Crippen MR) is 62.8 cm³/mol. The number of anilines is 1. The monoisotopic (exact) mass is 275 g/mol. The van der Waals surface area contributed by atoms with Crippen LogP contribution in [-0.4, -0.2) is 40.7 Å². The number of hydrogen-bond donors (Lipinski definition) is 2. The summed E-state index contributed by atoms with van der Waals surface area (Å²) in [5.41, 5.74) is -0.249. The van der Waals surface area contributed by atoms with E-state index in [0.717, 1.165) is 0 Å². The maximum absolute atomic E-state index is 10.7. The zero-order chi connectivity index (χ0) is 13.5. The molecule has 0 aliphatic carbocycles. The van der Waals surface area contributed by atoms with Crippen molar-refractivity contribution in [3.8, 4) is 0 Å². The minimum absolute atomic E-state index is 0.0586. The quantitative estimate of drug-likeness (QED) is 0.436. The molecule has 0 bridgehead atoms. The molecule has 0 spiro atoms. The van der Waals surface area contributed by atoms with E-state index in [1.54, 1.807) is 0 Å². The summed E-state index contributed by atoms with van der Waals surface area (Å²) >= 11 is 5.59. The number of rotatable bonds is 7. The maximum atomic E-state index is 10.7. The van der Waals surface area contributed by atoms with Gasteiger partial charge in [-0.3, -0.25) is 10.1 Å². The van der Waals surface area contributed by atoms with Crippen LogP contribution in [0, 0.1) is 10.1 Å². The number of halogens is 1. The molecule has 2 N–H and O–H groups in total. The highest BCUT2D eigenvalue weighted by Crippen LogP contribution is 2.24. The highest BCUT2D eigenvalue weighted by Gasteiger charge is 2.15. The molecule has 0 unspecified atom stereocenters. The molecule has 8 nitrogen and oxygen atoms in total. The number of aromatic nitrogens is 1. The molecule has 0 aromatic carbocycles. The first-order valence-corrected chi connectivity index (χ1v) is 5.22. The van der Waals surface area contributed by atoms with Crippen molar-refractivity contribution in [3.05, 3.63) is 27.4 Å². The van der Waals surface area contributed by atoms with Crippen LogP contribution in [0.15, 0.2) is 12.3 Å². The molecule has 1 aromatic heterocycles. The molecule has 0 saturated carbocycles. The second-order valence-corrected chi connectivity index (χ2v) is 3.59. The van der Waals surface area contributed by atoms with Gasteiger partial charge in [0, 0.05) is 18.8 Å². The Morgan fingerprint density at radius 1 is 1.67 bits per heavy atom. The van der Waals surface area contributed by atoms with Gasteiger partial charge in [-0.05, 0) is 0 Å². The van der Waals surface area contributed by atoms with Crippen molar-refractivity contribution in [1.82, 2.24) is 4.98 Å². The van der Waals surface area contributed by atoms with Crippen LogP contribution >= 0.6 is 11.6 Å². The Morgan fingerprint density at radius 3 is 3.00 bits per heavy atom. The van der Waals surface area contributed by atoms with Crippen LogP contribution in [0.5, 0.6) is 0 Å². The molecule has 98 valence electrons.